The molecule has 0 radical (unpaired) electrons. The smallest absolute Gasteiger partial charge is 0.0596 e. The van der Waals surface area contributed by atoms with Gasteiger partial charge in [0.1, 0.15) is 0 Å². The lowest BCUT2D eigenvalue weighted by Crippen LogP contribution is -2.34. The lowest BCUT2D eigenvalue weighted by Gasteiger charge is -2.20. The average Bonchev–Trinajstić information content (AvgIpc) is 2.18. The number of aliphatic hydroxyl groups excluding tert-OH is 1. The first-order valence-electron chi connectivity index (χ1n) is 5.68. The molecule has 0 aromatic carbocycles. The van der Waals surface area contributed by atoms with Crippen molar-refractivity contribution in [1.82, 2.24) is 10.2 Å². The van der Waals surface area contributed by atoms with Crippen molar-refractivity contribution in [3.05, 3.63) is 0 Å². The molecule has 0 saturated heterocycles. The van der Waals surface area contributed by atoms with Gasteiger partial charge < -0.3 is 20.1 Å². The lowest BCUT2D eigenvalue weighted by atomic mass is 10.2. The largest absolute Gasteiger partial charge is 0.395 e. The molecule has 92 valence electrons. The number of aliphatic hydroxyl groups is 1. The summed E-state index contributed by atoms with van der Waals surface area (Å²) in [4.78, 5) is 2.22. The fraction of sp³-hybridized carbons (Fsp3) is 1.00. The SMILES string of the molecule is CNC(CO)CCN(C)CCOC(C)C. The van der Waals surface area contributed by atoms with Crippen LogP contribution in [0.25, 0.3) is 0 Å². The Labute approximate surface area is 93.6 Å². The van der Waals surface area contributed by atoms with E-state index in [1.54, 1.807) is 0 Å². The van der Waals surface area contributed by atoms with Crippen molar-refractivity contribution in [3.8, 4) is 0 Å². The molecule has 0 amide bonds. The molecule has 0 fully saturated rings. The molecule has 0 bridgehead atoms. The minimum Gasteiger partial charge on any atom is -0.395 e. The Kier molecular flexibility index (Phi) is 9.00. The van der Waals surface area contributed by atoms with Gasteiger partial charge in [0.05, 0.1) is 19.3 Å². The van der Waals surface area contributed by atoms with Crippen molar-refractivity contribution in [2.24, 2.45) is 0 Å². The molecule has 0 saturated carbocycles. The van der Waals surface area contributed by atoms with Gasteiger partial charge in [0.15, 0.2) is 0 Å². The molecule has 4 heteroatoms. The number of ether oxygens (including phenoxy) is 1. The van der Waals surface area contributed by atoms with Crippen LogP contribution in [0.4, 0.5) is 0 Å². The molecule has 0 aliphatic rings. The summed E-state index contributed by atoms with van der Waals surface area (Å²) in [5.74, 6) is 0. The molecule has 0 aromatic heterocycles. The molecule has 2 N–H and O–H groups in total. The van der Waals surface area contributed by atoms with Crippen molar-refractivity contribution >= 4 is 0 Å². The summed E-state index contributed by atoms with van der Waals surface area (Å²) in [7, 11) is 3.95. The van der Waals surface area contributed by atoms with E-state index in [2.05, 4.69) is 17.3 Å². The second-order valence-electron chi connectivity index (χ2n) is 4.18. The van der Waals surface area contributed by atoms with Crippen molar-refractivity contribution in [3.63, 3.8) is 0 Å². The molecule has 1 unspecified atom stereocenters. The van der Waals surface area contributed by atoms with E-state index in [4.69, 9.17) is 9.84 Å². The average molecular weight is 218 g/mol. The Morgan fingerprint density at radius 2 is 2.00 bits per heavy atom. The maximum absolute atomic E-state index is 8.98. The van der Waals surface area contributed by atoms with Crippen LogP contribution in [0.5, 0.6) is 0 Å². The molecule has 0 rings (SSSR count). The molecular formula is C11H26N2O2. The maximum Gasteiger partial charge on any atom is 0.0596 e. The number of nitrogens with zero attached hydrogens (tertiary/aromatic N) is 1. The second kappa shape index (κ2) is 9.09. The Morgan fingerprint density at radius 3 is 2.47 bits per heavy atom. The van der Waals surface area contributed by atoms with Gasteiger partial charge >= 0.3 is 0 Å². The van der Waals surface area contributed by atoms with Crippen molar-refractivity contribution in [2.45, 2.75) is 32.4 Å². The quantitative estimate of drug-likeness (QED) is 0.585. The van der Waals surface area contributed by atoms with Crippen LogP contribution < -0.4 is 5.32 Å². The first-order valence-corrected chi connectivity index (χ1v) is 5.68. The molecule has 0 spiro atoms. The van der Waals surface area contributed by atoms with E-state index >= 15 is 0 Å². The fourth-order valence-corrected chi connectivity index (χ4v) is 1.26. The van der Waals surface area contributed by atoms with Gasteiger partial charge in [0.2, 0.25) is 0 Å². The zero-order valence-electron chi connectivity index (χ0n) is 10.5. The molecule has 1 atom stereocenters. The van der Waals surface area contributed by atoms with Crippen LogP contribution >= 0.6 is 0 Å². The number of rotatable bonds is 9. The van der Waals surface area contributed by atoms with Crippen LogP contribution in [0.15, 0.2) is 0 Å². The van der Waals surface area contributed by atoms with Gasteiger partial charge in [-0.25, -0.2) is 0 Å². The minimum atomic E-state index is 0.201. The third-order valence-corrected chi connectivity index (χ3v) is 2.41. The van der Waals surface area contributed by atoms with E-state index in [-0.39, 0.29) is 12.6 Å². The van der Waals surface area contributed by atoms with Gasteiger partial charge in [-0.05, 0) is 40.9 Å². The first kappa shape index (κ1) is 14.8. The highest BCUT2D eigenvalue weighted by Gasteiger charge is 2.06. The molecule has 15 heavy (non-hydrogen) atoms. The van der Waals surface area contributed by atoms with E-state index < -0.39 is 0 Å². The van der Waals surface area contributed by atoms with E-state index in [0.29, 0.717) is 6.10 Å². The standard InChI is InChI=1S/C11H26N2O2/c1-10(2)15-8-7-13(4)6-5-11(9-14)12-3/h10-12,14H,5-9H2,1-4H3. The zero-order valence-corrected chi connectivity index (χ0v) is 10.5. The molecule has 0 aliphatic heterocycles. The molecular weight excluding hydrogens is 192 g/mol. The van der Waals surface area contributed by atoms with Crippen LogP contribution in [0.1, 0.15) is 20.3 Å². The van der Waals surface area contributed by atoms with Crippen LogP contribution in [0.3, 0.4) is 0 Å². The highest BCUT2D eigenvalue weighted by atomic mass is 16.5. The third-order valence-electron chi connectivity index (χ3n) is 2.41. The summed E-state index contributed by atoms with van der Waals surface area (Å²) in [5.41, 5.74) is 0. The summed E-state index contributed by atoms with van der Waals surface area (Å²) in [6, 6.07) is 0.207. The highest BCUT2D eigenvalue weighted by Crippen LogP contribution is 1.94. The molecule has 0 aliphatic carbocycles. The van der Waals surface area contributed by atoms with Crippen LogP contribution in [0.2, 0.25) is 0 Å². The molecule has 0 heterocycles. The summed E-state index contributed by atoms with van der Waals surface area (Å²) in [6.07, 6.45) is 1.27. The van der Waals surface area contributed by atoms with Crippen molar-refractivity contribution < 1.29 is 9.84 Å². The van der Waals surface area contributed by atoms with E-state index in [0.717, 1.165) is 26.1 Å². The Morgan fingerprint density at radius 1 is 1.33 bits per heavy atom. The van der Waals surface area contributed by atoms with E-state index in [1.807, 2.05) is 20.9 Å². The van der Waals surface area contributed by atoms with Gasteiger partial charge in [-0.1, -0.05) is 0 Å². The van der Waals surface area contributed by atoms with Gasteiger partial charge in [-0.15, -0.1) is 0 Å². The second-order valence-corrected chi connectivity index (χ2v) is 4.18. The fourth-order valence-electron chi connectivity index (χ4n) is 1.26. The molecule has 4 nitrogen and oxygen atoms in total. The minimum absolute atomic E-state index is 0.201. The van der Waals surface area contributed by atoms with Crippen molar-refractivity contribution in [1.29, 1.82) is 0 Å². The van der Waals surface area contributed by atoms with Gasteiger partial charge in [-0.2, -0.15) is 0 Å². The van der Waals surface area contributed by atoms with Crippen molar-refractivity contribution in [2.75, 3.05) is 40.4 Å². The van der Waals surface area contributed by atoms with Crippen LogP contribution in [-0.4, -0.2) is 62.6 Å². The van der Waals surface area contributed by atoms with Crippen LogP contribution in [-0.2, 0) is 4.74 Å². The number of hydrogen-bond acceptors (Lipinski definition) is 4. The Hall–Kier alpha value is -0.160. The Balaban J connectivity index is 3.43. The van der Waals surface area contributed by atoms with Gasteiger partial charge in [-0.3, -0.25) is 0 Å². The third kappa shape index (κ3) is 8.81. The lowest BCUT2D eigenvalue weighted by molar-refractivity contribution is 0.0628. The first-order chi connectivity index (χ1) is 7.10. The summed E-state index contributed by atoms with van der Waals surface area (Å²) >= 11 is 0. The monoisotopic (exact) mass is 218 g/mol. The zero-order chi connectivity index (χ0) is 11.7. The maximum atomic E-state index is 8.98. The van der Waals surface area contributed by atoms with E-state index in [1.165, 1.54) is 0 Å². The number of likely N-dealkylation sites (N-methyl/N-ethyl adjacent to an activating group) is 2. The Bertz CT molecular complexity index is 139. The normalized spacial score (nSPS) is 13.8. The molecule has 0 aromatic rings. The van der Waals surface area contributed by atoms with E-state index in [9.17, 15) is 0 Å². The predicted octanol–water partition coefficient (Wildman–Crippen LogP) is 0.314. The number of hydrogen-bond donors (Lipinski definition) is 2. The summed E-state index contributed by atoms with van der Waals surface area (Å²) in [5, 5.41) is 12.1. The summed E-state index contributed by atoms with van der Waals surface area (Å²) in [6.45, 7) is 6.99. The van der Waals surface area contributed by atoms with Crippen LogP contribution in [0, 0.1) is 0 Å². The highest BCUT2D eigenvalue weighted by molar-refractivity contribution is 4.64. The number of nitrogens with one attached hydrogen (secondary N) is 1. The van der Waals surface area contributed by atoms with Gasteiger partial charge in [0, 0.05) is 12.6 Å². The summed E-state index contributed by atoms with van der Waals surface area (Å²) < 4.78 is 5.47. The topological polar surface area (TPSA) is 44.7 Å². The predicted molar refractivity (Wildman–Crippen MR) is 63.1 cm³/mol. The van der Waals surface area contributed by atoms with Gasteiger partial charge in [0.25, 0.3) is 0 Å².